The van der Waals surface area contributed by atoms with E-state index in [4.69, 9.17) is 15.5 Å². The number of aliphatic hydroxyl groups excluding tert-OH is 2. The SMILES string of the molecule is N=C1C(c2nc(-c3ccccc3)cs2)=C(O)CN1c1ccc(N2CCN(CCO)CC2)cc1. The van der Waals surface area contributed by atoms with E-state index in [1.54, 1.807) is 0 Å². The van der Waals surface area contributed by atoms with Crippen LogP contribution in [0.4, 0.5) is 11.4 Å². The van der Waals surface area contributed by atoms with Crippen LogP contribution in [0.5, 0.6) is 0 Å². The van der Waals surface area contributed by atoms with Gasteiger partial charge in [0.15, 0.2) is 0 Å². The number of amidine groups is 1. The van der Waals surface area contributed by atoms with Crippen molar-refractivity contribution >= 4 is 34.1 Å². The summed E-state index contributed by atoms with van der Waals surface area (Å²) >= 11 is 1.45. The summed E-state index contributed by atoms with van der Waals surface area (Å²) in [5.41, 5.74) is 4.41. The number of thiazole rings is 1. The molecule has 0 aliphatic carbocycles. The van der Waals surface area contributed by atoms with Gasteiger partial charge < -0.3 is 20.0 Å². The van der Waals surface area contributed by atoms with Gasteiger partial charge in [-0.15, -0.1) is 11.3 Å². The highest BCUT2D eigenvalue weighted by Crippen LogP contribution is 2.35. The van der Waals surface area contributed by atoms with Crippen molar-refractivity contribution in [1.29, 1.82) is 5.41 Å². The second kappa shape index (κ2) is 9.35. The molecule has 5 rings (SSSR count). The lowest BCUT2D eigenvalue weighted by Crippen LogP contribution is -2.47. The first-order valence-corrected chi connectivity index (χ1v) is 12.0. The van der Waals surface area contributed by atoms with Crippen molar-refractivity contribution in [2.24, 2.45) is 0 Å². The van der Waals surface area contributed by atoms with Crippen LogP contribution < -0.4 is 9.80 Å². The van der Waals surface area contributed by atoms with E-state index >= 15 is 0 Å². The van der Waals surface area contributed by atoms with E-state index < -0.39 is 0 Å². The highest BCUT2D eigenvalue weighted by Gasteiger charge is 2.31. The van der Waals surface area contributed by atoms with Gasteiger partial charge in [0, 0.05) is 55.0 Å². The third-order valence-electron chi connectivity index (χ3n) is 6.21. The number of nitrogens with zero attached hydrogens (tertiary/aromatic N) is 4. The Labute approximate surface area is 197 Å². The first-order chi connectivity index (χ1) is 16.1. The summed E-state index contributed by atoms with van der Waals surface area (Å²) in [6.45, 7) is 4.95. The molecule has 0 spiro atoms. The molecule has 3 N–H and O–H groups in total. The lowest BCUT2D eigenvalue weighted by Gasteiger charge is -2.36. The van der Waals surface area contributed by atoms with Crippen molar-refractivity contribution in [3.05, 3.63) is 70.7 Å². The molecule has 0 atom stereocenters. The zero-order chi connectivity index (χ0) is 22.8. The minimum atomic E-state index is 0.179. The number of nitrogens with one attached hydrogen (secondary N) is 1. The maximum Gasteiger partial charge on any atom is 0.139 e. The van der Waals surface area contributed by atoms with Gasteiger partial charge >= 0.3 is 0 Å². The van der Waals surface area contributed by atoms with Crippen LogP contribution in [0, 0.1) is 5.41 Å². The van der Waals surface area contributed by atoms with E-state index in [0.717, 1.165) is 55.4 Å². The van der Waals surface area contributed by atoms with E-state index in [1.165, 1.54) is 11.3 Å². The average Bonchev–Trinajstić information content (AvgIpc) is 3.44. The molecule has 2 aliphatic rings. The molecule has 2 aromatic carbocycles. The largest absolute Gasteiger partial charge is 0.510 e. The molecular formula is C25H27N5O2S. The van der Waals surface area contributed by atoms with Crippen molar-refractivity contribution in [2.75, 3.05) is 55.7 Å². The van der Waals surface area contributed by atoms with Gasteiger partial charge in [-0.3, -0.25) is 10.3 Å². The molecular weight excluding hydrogens is 434 g/mol. The first kappa shape index (κ1) is 21.6. The second-order valence-corrected chi connectivity index (χ2v) is 9.09. The van der Waals surface area contributed by atoms with Crippen LogP contribution in [0.1, 0.15) is 5.01 Å². The van der Waals surface area contributed by atoms with E-state index in [-0.39, 0.29) is 24.7 Å². The van der Waals surface area contributed by atoms with Gasteiger partial charge in [-0.05, 0) is 24.3 Å². The molecule has 1 saturated heterocycles. The fourth-order valence-electron chi connectivity index (χ4n) is 4.37. The molecule has 33 heavy (non-hydrogen) atoms. The molecule has 0 radical (unpaired) electrons. The maximum absolute atomic E-state index is 10.7. The van der Waals surface area contributed by atoms with Gasteiger partial charge in [-0.1, -0.05) is 30.3 Å². The van der Waals surface area contributed by atoms with Crippen LogP contribution in [0.2, 0.25) is 0 Å². The Kier molecular flexibility index (Phi) is 6.13. The monoisotopic (exact) mass is 461 g/mol. The third kappa shape index (κ3) is 4.37. The molecule has 7 nitrogen and oxygen atoms in total. The number of benzene rings is 2. The second-order valence-electron chi connectivity index (χ2n) is 8.23. The van der Waals surface area contributed by atoms with E-state index in [0.29, 0.717) is 10.6 Å². The topological polar surface area (TPSA) is 86.9 Å². The molecule has 1 fully saturated rings. The van der Waals surface area contributed by atoms with E-state index in [1.807, 2.05) is 52.7 Å². The Hall–Kier alpha value is -3.20. The molecule has 0 bridgehead atoms. The van der Waals surface area contributed by atoms with Gasteiger partial charge in [0.2, 0.25) is 0 Å². The molecule has 8 heteroatoms. The Morgan fingerprint density at radius 1 is 0.939 bits per heavy atom. The zero-order valence-electron chi connectivity index (χ0n) is 18.3. The molecule has 0 saturated carbocycles. The number of hydrogen-bond donors (Lipinski definition) is 3. The summed E-state index contributed by atoms with van der Waals surface area (Å²) in [6, 6.07) is 18.1. The number of rotatable bonds is 6. The molecule has 3 aromatic rings. The van der Waals surface area contributed by atoms with Crippen LogP contribution in [-0.4, -0.2) is 71.8 Å². The Balaban J connectivity index is 1.28. The lowest BCUT2D eigenvalue weighted by atomic mass is 10.2. The highest BCUT2D eigenvalue weighted by atomic mass is 32.1. The van der Waals surface area contributed by atoms with Gasteiger partial charge in [-0.2, -0.15) is 0 Å². The maximum atomic E-state index is 10.7. The van der Waals surface area contributed by atoms with Gasteiger partial charge in [0.25, 0.3) is 0 Å². The number of anilines is 2. The molecule has 3 heterocycles. The number of β-amino-alcohol motifs (C(OH)–C–C–N with tert-alkyl or cyclic N) is 1. The van der Waals surface area contributed by atoms with Crippen molar-refractivity contribution in [3.63, 3.8) is 0 Å². The smallest absolute Gasteiger partial charge is 0.139 e. The number of hydrogen-bond acceptors (Lipinski definition) is 7. The molecule has 0 unspecified atom stereocenters. The normalized spacial score (nSPS) is 17.3. The summed E-state index contributed by atoms with van der Waals surface area (Å²) in [4.78, 5) is 11.1. The summed E-state index contributed by atoms with van der Waals surface area (Å²) in [5, 5.41) is 31.2. The Morgan fingerprint density at radius 3 is 2.33 bits per heavy atom. The van der Waals surface area contributed by atoms with E-state index in [9.17, 15) is 5.11 Å². The Bertz CT molecular complexity index is 1150. The van der Waals surface area contributed by atoms with Crippen LogP contribution in [-0.2, 0) is 0 Å². The van der Waals surface area contributed by atoms with Crippen molar-refractivity contribution in [2.45, 2.75) is 0 Å². The molecule has 0 amide bonds. The van der Waals surface area contributed by atoms with Gasteiger partial charge in [0.1, 0.15) is 16.6 Å². The fourth-order valence-corrected chi connectivity index (χ4v) is 5.26. The first-order valence-electron chi connectivity index (χ1n) is 11.1. The summed E-state index contributed by atoms with van der Waals surface area (Å²) in [7, 11) is 0. The van der Waals surface area contributed by atoms with Crippen molar-refractivity contribution < 1.29 is 10.2 Å². The van der Waals surface area contributed by atoms with Crippen molar-refractivity contribution in [3.8, 4) is 11.3 Å². The highest BCUT2D eigenvalue weighted by molar-refractivity contribution is 7.11. The summed E-state index contributed by atoms with van der Waals surface area (Å²) in [5.74, 6) is 0.449. The zero-order valence-corrected chi connectivity index (χ0v) is 19.1. The predicted molar refractivity (Wildman–Crippen MR) is 134 cm³/mol. The summed E-state index contributed by atoms with van der Waals surface area (Å²) < 4.78 is 0. The standard InChI is InChI=1S/C25H27N5O2S/c26-24-23(25-27-21(17-33-25)18-4-2-1-3-5-18)22(32)16-30(24)20-8-6-19(7-9-20)29-12-10-28(11-13-29)14-15-31/h1-9,17,26,31-32H,10-16H2. The van der Waals surface area contributed by atoms with Gasteiger partial charge in [-0.25, -0.2) is 4.98 Å². The minimum absolute atomic E-state index is 0.179. The fraction of sp³-hybridized carbons (Fsp3) is 0.280. The quantitative estimate of drug-likeness (QED) is 0.519. The van der Waals surface area contributed by atoms with E-state index in [2.05, 4.69) is 21.9 Å². The van der Waals surface area contributed by atoms with Crippen molar-refractivity contribution in [1.82, 2.24) is 9.88 Å². The number of aromatic nitrogens is 1. The number of aliphatic hydroxyl groups is 2. The predicted octanol–water partition coefficient (Wildman–Crippen LogP) is 3.69. The van der Waals surface area contributed by atoms with Crippen LogP contribution >= 0.6 is 11.3 Å². The third-order valence-corrected chi connectivity index (χ3v) is 7.07. The molecule has 1 aromatic heterocycles. The lowest BCUT2D eigenvalue weighted by molar-refractivity contribution is 0.189. The average molecular weight is 462 g/mol. The summed E-state index contributed by atoms with van der Waals surface area (Å²) in [6.07, 6.45) is 0. The minimum Gasteiger partial charge on any atom is -0.510 e. The van der Waals surface area contributed by atoms with Crippen LogP contribution in [0.25, 0.3) is 16.8 Å². The van der Waals surface area contributed by atoms with Gasteiger partial charge in [0.05, 0.1) is 24.4 Å². The number of piperazine rings is 1. The molecule has 170 valence electrons. The van der Waals surface area contributed by atoms with Crippen LogP contribution in [0.3, 0.4) is 0 Å². The molecule has 2 aliphatic heterocycles. The Morgan fingerprint density at radius 2 is 1.64 bits per heavy atom. The van der Waals surface area contributed by atoms with Crippen LogP contribution in [0.15, 0.2) is 65.7 Å².